The molecular formula is C35H38N4O4. The summed E-state index contributed by atoms with van der Waals surface area (Å²) in [6.45, 7) is 12.0. The van der Waals surface area contributed by atoms with Crippen molar-refractivity contribution in [3.63, 3.8) is 0 Å². The number of nitrogens with zero attached hydrogens (tertiary/aromatic N) is 4. The van der Waals surface area contributed by atoms with E-state index in [0.717, 1.165) is 80.5 Å². The van der Waals surface area contributed by atoms with Crippen molar-refractivity contribution in [2.24, 2.45) is 31.8 Å². The number of allylic oxidation sites excluding steroid dienone is 10. The third-order valence-corrected chi connectivity index (χ3v) is 9.44. The zero-order valence-electron chi connectivity index (χ0n) is 26.0. The number of aliphatic imine (C=N–C) groups is 4. The standard InChI is InChI=1S/C35H38N4O4/c1-8-9-21-16(2)24-15-29-32(20(6)40)18(4)26(37-29)13-25-17(3)22(10-11-31(42)43-7)34(38-25)23-12-30(41)33-19(5)27(39-35(23)33)14-28(21)36-24/h13-15,17,20,22,40H,8-12H2,1-7H3/t17-,20+,22-/m0/s1. The minimum absolute atomic E-state index is 0.0275. The molecule has 8 bridgehead atoms. The highest BCUT2D eigenvalue weighted by molar-refractivity contribution is 6.38. The first-order valence-corrected chi connectivity index (χ1v) is 15.2. The van der Waals surface area contributed by atoms with Crippen LogP contribution in [0.2, 0.25) is 0 Å². The Kier molecular flexibility index (Phi) is 7.37. The third-order valence-electron chi connectivity index (χ3n) is 9.44. The van der Waals surface area contributed by atoms with Crippen molar-refractivity contribution < 1.29 is 19.4 Å². The van der Waals surface area contributed by atoms with Gasteiger partial charge in [0.05, 0.1) is 53.1 Å². The number of rotatable bonds is 6. The number of carbonyl (C=O) groups is 2. The fourth-order valence-corrected chi connectivity index (χ4v) is 7.03. The molecule has 1 fully saturated rings. The van der Waals surface area contributed by atoms with Crippen molar-refractivity contribution in [1.82, 2.24) is 0 Å². The van der Waals surface area contributed by atoms with Crippen molar-refractivity contribution in [2.75, 3.05) is 7.11 Å². The number of aliphatic hydroxyl groups is 1. The second-order valence-corrected chi connectivity index (χ2v) is 12.1. The first-order chi connectivity index (χ1) is 20.5. The van der Waals surface area contributed by atoms with E-state index in [9.17, 15) is 14.7 Å². The van der Waals surface area contributed by atoms with Crippen LogP contribution >= 0.6 is 0 Å². The lowest BCUT2D eigenvalue weighted by atomic mass is 9.84. The molecule has 43 heavy (non-hydrogen) atoms. The van der Waals surface area contributed by atoms with Crippen LogP contribution in [-0.4, -0.2) is 52.9 Å². The zero-order valence-corrected chi connectivity index (χ0v) is 26.0. The van der Waals surface area contributed by atoms with Crippen LogP contribution in [0.5, 0.6) is 0 Å². The van der Waals surface area contributed by atoms with Crippen molar-refractivity contribution in [3.8, 4) is 0 Å². The fraction of sp³-hybridized carbons (Fsp3) is 0.429. The van der Waals surface area contributed by atoms with E-state index in [1.165, 1.54) is 7.11 Å². The lowest BCUT2D eigenvalue weighted by Gasteiger charge is -2.18. The molecular weight excluding hydrogens is 540 g/mol. The van der Waals surface area contributed by atoms with Crippen LogP contribution in [0.15, 0.2) is 100.0 Å². The summed E-state index contributed by atoms with van der Waals surface area (Å²) < 4.78 is 4.95. The van der Waals surface area contributed by atoms with Gasteiger partial charge in [-0.2, -0.15) is 0 Å². The van der Waals surface area contributed by atoms with Crippen LogP contribution in [0.25, 0.3) is 0 Å². The first-order valence-electron chi connectivity index (χ1n) is 15.2. The maximum absolute atomic E-state index is 13.5. The number of Topliss-reactive ketones (excluding diaryl/α,β-unsaturated/α-hetero) is 1. The molecule has 0 saturated heterocycles. The normalized spacial score (nSPS) is 25.2. The molecule has 6 aliphatic rings. The van der Waals surface area contributed by atoms with Gasteiger partial charge in [0, 0.05) is 47.1 Å². The highest BCUT2D eigenvalue weighted by Crippen LogP contribution is 2.45. The van der Waals surface area contributed by atoms with E-state index in [0.29, 0.717) is 23.4 Å². The minimum Gasteiger partial charge on any atom is -0.469 e. The Morgan fingerprint density at radius 3 is 2.37 bits per heavy atom. The van der Waals surface area contributed by atoms with Gasteiger partial charge in [-0.1, -0.05) is 20.3 Å². The van der Waals surface area contributed by atoms with E-state index < -0.39 is 6.10 Å². The van der Waals surface area contributed by atoms with Gasteiger partial charge in [0.2, 0.25) is 0 Å². The van der Waals surface area contributed by atoms with E-state index in [4.69, 9.17) is 24.7 Å². The molecule has 8 heteroatoms. The van der Waals surface area contributed by atoms with E-state index in [1.54, 1.807) is 6.92 Å². The maximum atomic E-state index is 13.5. The van der Waals surface area contributed by atoms with Crippen molar-refractivity contribution in [1.29, 1.82) is 0 Å². The van der Waals surface area contributed by atoms with Crippen LogP contribution in [0.1, 0.15) is 73.6 Å². The zero-order chi connectivity index (χ0) is 30.7. The maximum Gasteiger partial charge on any atom is 0.305 e. The molecule has 222 valence electrons. The van der Waals surface area contributed by atoms with Crippen molar-refractivity contribution in [2.45, 2.75) is 79.8 Å². The Morgan fingerprint density at radius 2 is 1.67 bits per heavy atom. The Labute approximate surface area is 252 Å². The largest absolute Gasteiger partial charge is 0.469 e. The van der Waals surface area contributed by atoms with Gasteiger partial charge >= 0.3 is 5.97 Å². The minimum atomic E-state index is -0.718. The molecule has 1 saturated carbocycles. The van der Waals surface area contributed by atoms with Crippen LogP contribution < -0.4 is 0 Å². The molecule has 0 radical (unpaired) electrons. The Bertz CT molecular complexity index is 1730. The molecule has 5 heterocycles. The number of hydrogen-bond acceptors (Lipinski definition) is 8. The Hall–Kier alpha value is -4.04. The van der Waals surface area contributed by atoms with Crippen molar-refractivity contribution in [3.05, 3.63) is 80.0 Å². The van der Waals surface area contributed by atoms with Gasteiger partial charge < -0.3 is 9.84 Å². The number of methoxy groups -OCH3 is 1. The quantitative estimate of drug-likeness (QED) is 0.388. The molecule has 0 aromatic carbocycles. The number of carbonyl (C=O) groups excluding carboxylic acids is 2. The summed E-state index contributed by atoms with van der Waals surface area (Å²) in [6, 6.07) is 0. The monoisotopic (exact) mass is 578 g/mol. The summed E-state index contributed by atoms with van der Waals surface area (Å²) in [4.78, 5) is 45.9. The lowest BCUT2D eigenvalue weighted by Crippen LogP contribution is -2.17. The van der Waals surface area contributed by atoms with Gasteiger partial charge in [-0.3, -0.25) is 14.6 Å². The fourth-order valence-electron chi connectivity index (χ4n) is 7.03. The average Bonchev–Trinajstić information content (AvgIpc) is 3.71. The molecule has 0 amide bonds. The van der Waals surface area contributed by atoms with Crippen LogP contribution in [0.4, 0.5) is 0 Å². The second kappa shape index (κ2) is 10.9. The molecule has 5 aliphatic heterocycles. The van der Waals surface area contributed by atoms with Crippen LogP contribution in [-0.2, 0) is 14.3 Å². The molecule has 1 N–H and O–H groups in total. The van der Waals surface area contributed by atoms with Gasteiger partial charge in [-0.25, -0.2) is 15.0 Å². The number of esters is 1. The van der Waals surface area contributed by atoms with Gasteiger partial charge in [0.15, 0.2) is 5.78 Å². The van der Waals surface area contributed by atoms with E-state index in [-0.39, 0.29) is 36.4 Å². The van der Waals surface area contributed by atoms with Crippen LogP contribution in [0.3, 0.4) is 0 Å². The van der Waals surface area contributed by atoms with Crippen molar-refractivity contribution >= 4 is 34.6 Å². The predicted octanol–water partition coefficient (Wildman–Crippen LogP) is 6.03. The molecule has 0 spiro atoms. The average molecular weight is 579 g/mol. The van der Waals surface area contributed by atoms with Gasteiger partial charge in [0.25, 0.3) is 0 Å². The second-order valence-electron chi connectivity index (χ2n) is 12.1. The predicted molar refractivity (Wildman–Crippen MR) is 169 cm³/mol. The molecule has 8 nitrogen and oxygen atoms in total. The highest BCUT2D eigenvalue weighted by atomic mass is 16.5. The topological polar surface area (TPSA) is 113 Å². The summed E-state index contributed by atoms with van der Waals surface area (Å²) in [6.07, 6.45) is 8.11. The first kappa shape index (κ1) is 29.1. The third kappa shape index (κ3) is 4.72. The smallest absolute Gasteiger partial charge is 0.305 e. The number of ketones is 1. The highest BCUT2D eigenvalue weighted by Gasteiger charge is 2.42. The molecule has 0 aromatic heterocycles. The van der Waals surface area contributed by atoms with E-state index in [2.05, 4.69) is 20.8 Å². The summed E-state index contributed by atoms with van der Waals surface area (Å²) in [5, 5.41) is 10.8. The Morgan fingerprint density at radius 1 is 1.00 bits per heavy atom. The summed E-state index contributed by atoms with van der Waals surface area (Å²) in [5.74, 6) is -0.344. The summed E-state index contributed by atoms with van der Waals surface area (Å²) >= 11 is 0. The molecule has 6 rings (SSSR count). The molecule has 3 atom stereocenters. The summed E-state index contributed by atoms with van der Waals surface area (Å²) in [7, 11) is 1.40. The van der Waals surface area contributed by atoms with E-state index in [1.807, 2.05) is 32.1 Å². The summed E-state index contributed by atoms with van der Waals surface area (Å²) in [5.41, 5.74) is 12.5. The van der Waals surface area contributed by atoms with Gasteiger partial charge in [-0.05, 0) is 81.1 Å². The number of aliphatic hydroxyl groups excluding tert-OH is 1. The molecule has 1 aliphatic carbocycles. The number of ether oxygens (including phenoxy) is 1. The Balaban J connectivity index is 1.62. The SMILES string of the molecule is CCCC1=C(C)C2=CC3=NC(=CC4=NC(=C5CC(=O)C6=C(C)C(=CC1=N2)N=C56)[C@@H](CCC(=O)OC)[C@@H]4C)C(C)=C3[C@@H](C)O. The molecule has 0 aromatic rings. The van der Waals surface area contributed by atoms with Crippen LogP contribution in [0, 0.1) is 11.8 Å². The number of fused-ring (bicyclic) bond motifs is 4. The lowest BCUT2D eigenvalue weighted by molar-refractivity contribution is -0.140. The van der Waals surface area contributed by atoms with Gasteiger partial charge in [0.1, 0.15) is 0 Å². The number of hydrogen-bond donors (Lipinski definition) is 1. The van der Waals surface area contributed by atoms with Gasteiger partial charge in [-0.15, -0.1) is 0 Å². The van der Waals surface area contributed by atoms with E-state index >= 15 is 0 Å². The molecule has 0 unspecified atom stereocenters.